The average Bonchev–Trinajstić information content (AvgIpc) is 2.04. The van der Waals surface area contributed by atoms with E-state index in [1.165, 1.54) is 0 Å². The fourth-order valence-corrected chi connectivity index (χ4v) is 0.809. The van der Waals surface area contributed by atoms with Crippen molar-refractivity contribution in [1.29, 1.82) is 0 Å². The van der Waals surface area contributed by atoms with E-state index < -0.39 is 6.03 Å². The number of carbonyl (C=O) groups excluding carboxylic acids is 2. The number of halogens is 1. The number of rotatable bonds is 4. The molecule has 0 heterocycles. The van der Waals surface area contributed by atoms with Crippen LogP contribution >= 0.6 is 11.6 Å². The molecule has 0 aliphatic heterocycles. The monoisotopic (exact) mass is 206 g/mol. The Labute approximate surface area is 83.0 Å². The van der Waals surface area contributed by atoms with Crippen molar-refractivity contribution < 1.29 is 9.59 Å². The molecule has 0 aromatic rings. The van der Waals surface area contributed by atoms with Gasteiger partial charge in [0, 0.05) is 18.3 Å². The van der Waals surface area contributed by atoms with Gasteiger partial charge in [0.2, 0.25) is 5.91 Å². The SMILES string of the molecule is CCC(C)NC(=O)NC(=O)CCCl. The molecule has 1 atom stereocenters. The number of hydrogen-bond donors (Lipinski definition) is 2. The topological polar surface area (TPSA) is 58.2 Å². The van der Waals surface area contributed by atoms with Crippen molar-refractivity contribution in [3.8, 4) is 0 Å². The van der Waals surface area contributed by atoms with E-state index in [0.717, 1.165) is 6.42 Å². The molecule has 13 heavy (non-hydrogen) atoms. The maximum atomic E-state index is 11.0. The quantitative estimate of drug-likeness (QED) is 0.680. The van der Waals surface area contributed by atoms with E-state index in [0.29, 0.717) is 0 Å². The molecule has 0 aromatic heterocycles. The molecule has 0 saturated heterocycles. The second-order valence-electron chi connectivity index (χ2n) is 2.77. The fraction of sp³-hybridized carbons (Fsp3) is 0.750. The van der Waals surface area contributed by atoms with Crippen molar-refractivity contribution in [1.82, 2.24) is 10.6 Å². The van der Waals surface area contributed by atoms with Crippen molar-refractivity contribution >= 4 is 23.5 Å². The van der Waals surface area contributed by atoms with Gasteiger partial charge >= 0.3 is 6.03 Å². The van der Waals surface area contributed by atoms with Gasteiger partial charge in [0.05, 0.1) is 0 Å². The highest BCUT2D eigenvalue weighted by molar-refractivity contribution is 6.19. The van der Waals surface area contributed by atoms with Crippen molar-refractivity contribution in [3.63, 3.8) is 0 Å². The maximum absolute atomic E-state index is 11.0. The molecule has 0 spiro atoms. The van der Waals surface area contributed by atoms with Gasteiger partial charge < -0.3 is 5.32 Å². The molecule has 0 aromatic carbocycles. The van der Waals surface area contributed by atoms with Gasteiger partial charge in [-0.05, 0) is 13.3 Å². The molecule has 0 fully saturated rings. The van der Waals surface area contributed by atoms with Crippen LogP contribution in [0.3, 0.4) is 0 Å². The van der Waals surface area contributed by atoms with Crippen LogP contribution in [-0.4, -0.2) is 23.9 Å². The van der Waals surface area contributed by atoms with Crippen molar-refractivity contribution in [2.75, 3.05) is 5.88 Å². The Balaban J connectivity index is 3.67. The summed E-state index contributed by atoms with van der Waals surface area (Å²) in [5, 5.41) is 4.78. The third-order valence-electron chi connectivity index (χ3n) is 1.56. The summed E-state index contributed by atoms with van der Waals surface area (Å²) in [6.45, 7) is 3.82. The summed E-state index contributed by atoms with van der Waals surface area (Å²) in [5.74, 6) is -0.126. The Kier molecular flexibility index (Phi) is 6.32. The first-order chi connectivity index (χ1) is 6.10. The second-order valence-corrected chi connectivity index (χ2v) is 3.15. The lowest BCUT2D eigenvalue weighted by atomic mass is 10.3. The summed E-state index contributed by atoms with van der Waals surface area (Å²) in [4.78, 5) is 21.9. The second kappa shape index (κ2) is 6.71. The van der Waals surface area contributed by atoms with Crippen molar-refractivity contribution in [2.24, 2.45) is 0 Å². The molecule has 0 rings (SSSR count). The molecule has 0 aliphatic carbocycles. The Morgan fingerprint density at radius 1 is 1.46 bits per heavy atom. The van der Waals surface area contributed by atoms with Crippen LogP contribution < -0.4 is 10.6 Å². The zero-order chi connectivity index (χ0) is 10.3. The minimum absolute atomic E-state index is 0.0730. The minimum Gasteiger partial charge on any atom is -0.335 e. The lowest BCUT2D eigenvalue weighted by molar-refractivity contribution is -0.119. The predicted octanol–water partition coefficient (Wildman–Crippen LogP) is 1.24. The van der Waals surface area contributed by atoms with Crippen LogP contribution in [0.4, 0.5) is 4.79 Å². The molecular formula is C8H15ClN2O2. The van der Waals surface area contributed by atoms with Gasteiger partial charge in [-0.15, -0.1) is 11.6 Å². The van der Waals surface area contributed by atoms with Gasteiger partial charge in [0.15, 0.2) is 0 Å². The van der Waals surface area contributed by atoms with Gasteiger partial charge in [0.25, 0.3) is 0 Å². The smallest absolute Gasteiger partial charge is 0.321 e. The van der Waals surface area contributed by atoms with Crippen LogP contribution in [0.1, 0.15) is 26.7 Å². The molecule has 0 bridgehead atoms. The Hall–Kier alpha value is -0.770. The maximum Gasteiger partial charge on any atom is 0.321 e. The highest BCUT2D eigenvalue weighted by atomic mass is 35.5. The summed E-state index contributed by atoms with van der Waals surface area (Å²) < 4.78 is 0. The first kappa shape index (κ1) is 12.2. The van der Waals surface area contributed by atoms with Gasteiger partial charge in [-0.2, -0.15) is 0 Å². The van der Waals surface area contributed by atoms with E-state index in [-0.39, 0.29) is 24.2 Å². The van der Waals surface area contributed by atoms with Gasteiger partial charge in [-0.25, -0.2) is 4.79 Å². The number of alkyl halides is 1. The predicted molar refractivity (Wildman–Crippen MR) is 51.8 cm³/mol. The van der Waals surface area contributed by atoms with E-state index >= 15 is 0 Å². The molecule has 4 nitrogen and oxygen atoms in total. The zero-order valence-electron chi connectivity index (χ0n) is 7.89. The average molecular weight is 207 g/mol. The van der Waals surface area contributed by atoms with Crippen molar-refractivity contribution in [3.05, 3.63) is 0 Å². The number of carbonyl (C=O) groups is 2. The first-order valence-corrected chi connectivity index (χ1v) is 4.79. The summed E-state index contributed by atoms with van der Waals surface area (Å²) in [6.07, 6.45) is 0.993. The molecule has 1 unspecified atom stereocenters. The third-order valence-corrected chi connectivity index (χ3v) is 1.75. The fourth-order valence-electron chi connectivity index (χ4n) is 0.637. The molecular weight excluding hydrogens is 192 g/mol. The van der Waals surface area contributed by atoms with Crippen molar-refractivity contribution in [2.45, 2.75) is 32.7 Å². The number of urea groups is 1. The molecule has 3 amide bonds. The van der Waals surface area contributed by atoms with Crippen LogP contribution in [0.15, 0.2) is 0 Å². The van der Waals surface area contributed by atoms with E-state index in [9.17, 15) is 9.59 Å². The molecule has 2 N–H and O–H groups in total. The summed E-state index contributed by atoms with van der Waals surface area (Å²) >= 11 is 5.32. The summed E-state index contributed by atoms with van der Waals surface area (Å²) in [6, 6.07) is -0.381. The Bertz CT molecular complexity index is 185. The largest absolute Gasteiger partial charge is 0.335 e. The van der Waals surface area contributed by atoms with Crippen LogP contribution in [-0.2, 0) is 4.79 Å². The first-order valence-electron chi connectivity index (χ1n) is 4.26. The van der Waals surface area contributed by atoms with E-state index in [2.05, 4.69) is 10.6 Å². The lowest BCUT2D eigenvalue weighted by Gasteiger charge is -2.11. The van der Waals surface area contributed by atoms with E-state index in [1.807, 2.05) is 13.8 Å². The normalized spacial score (nSPS) is 11.9. The highest BCUT2D eigenvalue weighted by Gasteiger charge is 2.08. The standard InChI is InChI=1S/C8H15ClN2O2/c1-3-6(2)10-8(13)11-7(12)4-5-9/h6H,3-5H2,1-2H3,(H2,10,11,12,13). The number of imide groups is 1. The van der Waals surface area contributed by atoms with E-state index in [4.69, 9.17) is 11.6 Å². The van der Waals surface area contributed by atoms with Crippen LogP contribution in [0.2, 0.25) is 0 Å². The minimum atomic E-state index is -0.454. The Morgan fingerprint density at radius 3 is 2.54 bits per heavy atom. The van der Waals surface area contributed by atoms with Gasteiger partial charge in [0.1, 0.15) is 0 Å². The highest BCUT2D eigenvalue weighted by Crippen LogP contribution is 1.88. The lowest BCUT2D eigenvalue weighted by Crippen LogP contribution is -2.43. The number of nitrogens with one attached hydrogen (secondary N) is 2. The summed E-state index contributed by atoms with van der Waals surface area (Å²) in [7, 11) is 0. The molecule has 5 heteroatoms. The summed E-state index contributed by atoms with van der Waals surface area (Å²) in [5.41, 5.74) is 0. The molecule has 0 radical (unpaired) electrons. The molecule has 0 aliphatic rings. The van der Waals surface area contributed by atoms with Gasteiger partial charge in [-0.3, -0.25) is 10.1 Å². The number of amides is 3. The van der Waals surface area contributed by atoms with Crippen LogP contribution in [0.25, 0.3) is 0 Å². The third kappa shape index (κ3) is 6.40. The molecule has 76 valence electrons. The van der Waals surface area contributed by atoms with Gasteiger partial charge in [-0.1, -0.05) is 6.92 Å². The Morgan fingerprint density at radius 2 is 2.08 bits per heavy atom. The van der Waals surface area contributed by atoms with E-state index in [1.54, 1.807) is 0 Å². The number of hydrogen-bond acceptors (Lipinski definition) is 2. The van der Waals surface area contributed by atoms with Crippen LogP contribution in [0.5, 0.6) is 0 Å². The van der Waals surface area contributed by atoms with Crippen LogP contribution in [0, 0.1) is 0 Å². The zero-order valence-corrected chi connectivity index (χ0v) is 8.65. The molecule has 0 saturated carbocycles.